The van der Waals surface area contributed by atoms with Crippen LogP contribution < -0.4 is 0 Å². The molecule has 1 unspecified atom stereocenters. The first-order valence-corrected chi connectivity index (χ1v) is 7.52. The molecule has 0 bridgehead atoms. The Morgan fingerprint density at radius 1 is 1.57 bits per heavy atom. The first-order valence-electron chi connectivity index (χ1n) is 6.54. The number of nitrogens with zero attached hydrogens (tertiary/aromatic N) is 2. The second-order valence-corrected chi connectivity index (χ2v) is 5.65. The number of aliphatic carboxylic acids is 1. The lowest BCUT2D eigenvalue weighted by Gasteiger charge is -2.16. The van der Waals surface area contributed by atoms with E-state index in [1.54, 1.807) is 13.2 Å². The van der Waals surface area contributed by atoms with Gasteiger partial charge in [-0.25, -0.2) is 9.37 Å². The van der Waals surface area contributed by atoms with Crippen LogP contribution in [0.1, 0.15) is 19.4 Å². The van der Waals surface area contributed by atoms with E-state index in [1.165, 1.54) is 12.1 Å². The molecule has 0 saturated heterocycles. The lowest BCUT2D eigenvalue weighted by molar-refractivity contribution is -0.133. The number of methoxy groups -OCH3 is 1. The SMILES string of the molecule is COCCC(C)n1c(SCC(=O)O)nc2ccc(F)cc21. The van der Waals surface area contributed by atoms with E-state index in [9.17, 15) is 9.18 Å². The molecule has 1 N–H and O–H groups in total. The molecular formula is C14H17FN2O3S. The second kappa shape index (κ2) is 6.91. The monoisotopic (exact) mass is 312 g/mol. The number of ether oxygens (including phenoxy) is 1. The van der Waals surface area contributed by atoms with Crippen LogP contribution in [0.2, 0.25) is 0 Å². The van der Waals surface area contributed by atoms with E-state index in [-0.39, 0.29) is 17.6 Å². The highest BCUT2D eigenvalue weighted by molar-refractivity contribution is 7.99. The Hall–Kier alpha value is -1.60. The Bertz CT molecular complexity index is 644. The maximum Gasteiger partial charge on any atom is 0.313 e. The summed E-state index contributed by atoms with van der Waals surface area (Å²) in [6.45, 7) is 2.55. The summed E-state index contributed by atoms with van der Waals surface area (Å²) in [5, 5.41) is 9.41. The average Bonchev–Trinajstić information content (AvgIpc) is 2.80. The summed E-state index contributed by atoms with van der Waals surface area (Å²) >= 11 is 1.14. The van der Waals surface area contributed by atoms with Gasteiger partial charge in [-0.3, -0.25) is 4.79 Å². The van der Waals surface area contributed by atoms with Gasteiger partial charge >= 0.3 is 5.97 Å². The molecule has 0 saturated carbocycles. The van der Waals surface area contributed by atoms with Crippen LogP contribution in [-0.4, -0.2) is 40.1 Å². The van der Waals surface area contributed by atoms with Crippen molar-refractivity contribution in [3.8, 4) is 0 Å². The second-order valence-electron chi connectivity index (χ2n) is 4.71. The van der Waals surface area contributed by atoms with Gasteiger partial charge in [-0.15, -0.1) is 0 Å². The lowest BCUT2D eigenvalue weighted by Crippen LogP contribution is -2.10. The maximum atomic E-state index is 13.5. The Balaban J connectivity index is 2.42. The fraction of sp³-hybridized carbons (Fsp3) is 0.429. The quantitative estimate of drug-likeness (QED) is 0.796. The fourth-order valence-corrected chi connectivity index (χ4v) is 2.95. The van der Waals surface area contributed by atoms with Crippen LogP contribution in [0.4, 0.5) is 4.39 Å². The first-order chi connectivity index (χ1) is 10.0. The number of benzene rings is 1. The zero-order valence-corrected chi connectivity index (χ0v) is 12.7. The van der Waals surface area contributed by atoms with E-state index < -0.39 is 5.97 Å². The minimum Gasteiger partial charge on any atom is -0.481 e. The molecule has 2 aromatic rings. The third-order valence-electron chi connectivity index (χ3n) is 3.12. The molecule has 1 heterocycles. The van der Waals surface area contributed by atoms with Gasteiger partial charge in [0.25, 0.3) is 0 Å². The van der Waals surface area contributed by atoms with Crippen LogP contribution in [0.15, 0.2) is 23.4 Å². The van der Waals surface area contributed by atoms with Crippen molar-refractivity contribution in [3.05, 3.63) is 24.0 Å². The van der Waals surface area contributed by atoms with Crippen molar-refractivity contribution in [3.63, 3.8) is 0 Å². The van der Waals surface area contributed by atoms with Crippen molar-refractivity contribution in [2.75, 3.05) is 19.5 Å². The summed E-state index contributed by atoms with van der Waals surface area (Å²) < 4.78 is 20.4. The Labute approximate surface area is 126 Å². The van der Waals surface area contributed by atoms with Crippen molar-refractivity contribution in [1.29, 1.82) is 0 Å². The summed E-state index contributed by atoms with van der Waals surface area (Å²) in [6.07, 6.45) is 0.735. The average molecular weight is 312 g/mol. The third-order valence-corrected chi connectivity index (χ3v) is 4.06. The number of hydrogen-bond donors (Lipinski definition) is 1. The molecule has 1 aromatic carbocycles. The van der Waals surface area contributed by atoms with Crippen LogP contribution in [0.25, 0.3) is 11.0 Å². The van der Waals surface area contributed by atoms with Gasteiger partial charge in [-0.1, -0.05) is 11.8 Å². The highest BCUT2D eigenvalue weighted by atomic mass is 32.2. The topological polar surface area (TPSA) is 64.3 Å². The molecule has 0 amide bonds. The van der Waals surface area contributed by atoms with Gasteiger partial charge in [-0.2, -0.15) is 0 Å². The molecule has 0 radical (unpaired) electrons. The molecule has 7 heteroatoms. The molecule has 0 spiro atoms. The van der Waals surface area contributed by atoms with E-state index in [1.807, 2.05) is 11.5 Å². The number of rotatable bonds is 7. The number of fused-ring (bicyclic) bond motifs is 1. The Morgan fingerprint density at radius 2 is 2.33 bits per heavy atom. The van der Waals surface area contributed by atoms with E-state index in [2.05, 4.69) is 4.98 Å². The molecule has 1 atom stereocenters. The molecule has 114 valence electrons. The van der Waals surface area contributed by atoms with Crippen LogP contribution in [0.3, 0.4) is 0 Å². The number of halogens is 1. The van der Waals surface area contributed by atoms with Gasteiger partial charge in [0.05, 0.1) is 16.8 Å². The molecular weight excluding hydrogens is 295 g/mol. The zero-order valence-electron chi connectivity index (χ0n) is 11.9. The normalized spacial score (nSPS) is 12.7. The standard InChI is InChI=1S/C14H17FN2O3S/c1-9(5-6-20-2)17-12-7-10(15)3-4-11(12)16-14(17)21-8-13(18)19/h3-4,7,9H,5-6,8H2,1-2H3,(H,18,19). The summed E-state index contributed by atoms with van der Waals surface area (Å²) in [4.78, 5) is 15.2. The largest absolute Gasteiger partial charge is 0.481 e. The Kier molecular flexibility index (Phi) is 5.19. The number of carboxylic acid groups (broad SMARTS) is 1. The van der Waals surface area contributed by atoms with E-state index in [0.29, 0.717) is 22.8 Å². The zero-order chi connectivity index (χ0) is 15.4. The lowest BCUT2D eigenvalue weighted by atomic mass is 10.2. The molecule has 5 nitrogen and oxygen atoms in total. The van der Waals surface area contributed by atoms with Gasteiger partial charge in [0, 0.05) is 19.8 Å². The maximum absolute atomic E-state index is 13.5. The van der Waals surface area contributed by atoms with Crippen LogP contribution >= 0.6 is 11.8 Å². The van der Waals surface area contributed by atoms with Crippen molar-refractivity contribution in [2.24, 2.45) is 0 Å². The Morgan fingerprint density at radius 3 is 3.00 bits per heavy atom. The summed E-state index contributed by atoms with van der Waals surface area (Å²) in [6, 6.07) is 4.42. The summed E-state index contributed by atoms with van der Waals surface area (Å²) in [5.41, 5.74) is 1.33. The number of aromatic nitrogens is 2. The van der Waals surface area contributed by atoms with Gasteiger partial charge in [-0.05, 0) is 31.5 Å². The molecule has 21 heavy (non-hydrogen) atoms. The smallest absolute Gasteiger partial charge is 0.313 e. The van der Waals surface area contributed by atoms with Gasteiger partial charge in [0.1, 0.15) is 5.82 Å². The van der Waals surface area contributed by atoms with E-state index in [4.69, 9.17) is 9.84 Å². The predicted octanol–water partition coefficient (Wildman–Crippen LogP) is 2.95. The number of hydrogen-bond acceptors (Lipinski definition) is 4. The summed E-state index contributed by atoms with van der Waals surface area (Å²) in [5.74, 6) is -1.32. The molecule has 0 fully saturated rings. The summed E-state index contributed by atoms with van der Waals surface area (Å²) in [7, 11) is 1.62. The minimum absolute atomic E-state index is 0.0352. The van der Waals surface area contributed by atoms with Crippen molar-refractivity contribution < 1.29 is 19.0 Å². The van der Waals surface area contributed by atoms with Crippen molar-refractivity contribution in [2.45, 2.75) is 24.5 Å². The van der Waals surface area contributed by atoms with Crippen LogP contribution in [0.5, 0.6) is 0 Å². The van der Waals surface area contributed by atoms with Crippen LogP contribution in [-0.2, 0) is 9.53 Å². The molecule has 0 aliphatic carbocycles. The number of thioether (sulfide) groups is 1. The van der Waals surface area contributed by atoms with Crippen molar-refractivity contribution in [1.82, 2.24) is 9.55 Å². The first kappa shape index (κ1) is 15.8. The number of carboxylic acids is 1. The van der Waals surface area contributed by atoms with Crippen LogP contribution in [0, 0.1) is 5.82 Å². The highest BCUT2D eigenvalue weighted by Gasteiger charge is 2.17. The number of imidazole rings is 1. The van der Waals surface area contributed by atoms with Crippen molar-refractivity contribution >= 4 is 28.8 Å². The predicted molar refractivity (Wildman–Crippen MR) is 79.3 cm³/mol. The van der Waals surface area contributed by atoms with E-state index >= 15 is 0 Å². The van der Waals surface area contributed by atoms with E-state index in [0.717, 1.165) is 18.2 Å². The number of carbonyl (C=O) groups is 1. The van der Waals surface area contributed by atoms with Gasteiger partial charge in [0.2, 0.25) is 0 Å². The molecule has 2 rings (SSSR count). The molecule has 1 aromatic heterocycles. The van der Waals surface area contributed by atoms with Gasteiger partial charge in [0.15, 0.2) is 5.16 Å². The van der Waals surface area contributed by atoms with Gasteiger partial charge < -0.3 is 14.4 Å². The third kappa shape index (κ3) is 3.74. The minimum atomic E-state index is -0.908. The molecule has 0 aliphatic heterocycles. The molecule has 0 aliphatic rings. The fourth-order valence-electron chi connectivity index (χ4n) is 2.12. The highest BCUT2D eigenvalue weighted by Crippen LogP contribution is 2.29.